The van der Waals surface area contributed by atoms with Gasteiger partial charge >= 0.3 is 0 Å². The fourth-order valence-electron chi connectivity index (χ4n) is 2.84. The summed E-state index contributed by atoms with van der Waals surface area (Å²) in [6.07, 6.45) is 1.32. The summed E-state index contributed by atoms with van der Waals surface area (Å²) in [6, 6.07) is 0.232. The summed E-state index contributed by atoms with van der Waals surface area (Å²) in [5.41, 5.74) is 0. The van der Waals surface area contributed by atoms with Crippen LogP contribution in [0.25, 0.3) is 0 Å². The molecule has 0 aliphatic carbocycles. The fourth-order valence-corrected chi connectivity index (χ4v) is 2.84. The number of hydrogen-bond donors (Lipinski definition) is 0. The van der Waals surface area contributed by atoms with Crippen LogP contribution in [0.2, 0.25) is 0 Å². The molecule has 1 aromatic heterocycles. The molecule has 1 saturated heterocycles. The van der Waals surface area contributed by atoms with Crippen molar-refractivity contribution >= 4 is 0 Å². The van der Waals surface area contributed by atoms with Gasteiger partial charge in [0, 0.05) is 19.0 Å². The van der Waals surface area contributed by atoms with Crippen molar-refractivity contribution in [2.24, 2.45) is 11.8 Å². The minimum atomic E-state index is 0.232. The van der Waals surface area contributed by atoms with Crippen molar-refractivity contribution in [3.05, 3.63) is 11.7 Å². The number of rotatable bonds is 3. The van der Waals surface area contributed by atoms with E-state index in [9.17, 15) is 0 Å². The quantitative estimate of drug-likeness (QED) is 0.827. The zero-order chi connectivity index (χ0) is 13.3. The van der Waals surface area contributed by atoms with Crippen LogP contribution in [0.1, 0.15) is 64.7 Å². The monoisotopic (exact) mass is 251 g/mol. The summed E-state index contributed by atoms with van der Waals surface area (Å²) in [7, 11) is 0. The van der Waals surface area contributed by atoms with Crippen LogP contribution in [-0.2, 0) is 0 Å². The lowest BCUT2D eigenvalue weighted by Crippen LogP contribution is -2.40. The van der Waals surface area contributed by atoms with E-state index in [1.807, 2.05) is 0 Å². The van der Waals surface area contributed by atoms with Crippen molar-refractivity contribution in [1.82, 2.24) is 15.0 Å². The van der Waals surface area contributed by atoms with Crippen molar-refractivity contribution in [3.63, 3.8) is 0 Å². The maximum absolute atomic E-state index is 5.41. The number of aromatic nitrogens is 2. The zero-order valence-electron chi connectivity index (χ0n) is 12.2. The molecule has 4 heteroatoms. The third-order valence-corrected chi connectivity index (χ3v) is 3.78. The lowest BCUT2D eigenvalue weighted by Gasteiger charge is -2.37. The molecule has 0 saturated carbocycles. The van der Waals surface area contributed by atoms with Gasteiger partial charge in [-0.15, -0.1) is 0 Å². The molecule has 0 bridgehead atoms. The molecule has 4 nitrogen and oxygen atoms in total. The van der Waals surface area contributed by atoms with Crippen LogP contribution < -0.4 is 0 Å². The van der Waals surface area contributed by atoms with Gasteiger partial charge in [0.15, 0.2) is 5.82 Å². The average Bonchev–Trinajstić information content (AvgIpc) is 2.75. The Morgan fingerprint density at radius 1 is 1.17 bits per heavy atom. The summed E-state index contributed by atoms with van der Waals surface area (Å²) in [5, 5.41) is 4.06. The molecule has 0 N–H and O–H groups in total. The number of piperidine rings is 1. The van der Waals surface area contributed by atoms with Crippen molar-refractivity contribution in [3.8, 4) is 0 Å². The minimum Gasteiger partial charge on any atom is -0.338 e. The van der Waals surface area contributed by atoms with E-state index >= 15 is 0 Å². The van der Waals surface area contributed by atoms with E-state index in [2.05, 4.69) is 49.7 Å². The smallest absolute Gasteiger partial charge is 0.243 e. The highest BCUT2D eigenvalue weighted by molar-refractivity contribution is 4.96. The second-order valence-corrected chi connectivity index (χ2v) is 6.22. The highest BCUT2D eigenvalue weighted by Gasteiger charge is 2.28. The van der Waals surface area contributed by atoms with E-state index in [1.165, 1.54) is 6.42 Å². The summed E-state index contributed by atoms with van der Waals surface area (Å²) < 4.78 is 5.41. The minimum absolute atomic E-state index is 0.232. The van der Waals surface area contributed by atoms with Crippen LogP contribution in [0.5, 0.6) is 0 Å². The standard InChI is InChI=1S/C14H25N3O/c1-9(2)13-15-14(18-16-13)12(5)17-7-10(3)6-11(4)8-17/h9-12H,6-8H2,1-5H3. The second-order valence-electron chi connectivity index (χ2n) is 6.22. The number of likely N-dealkylation sites (tertiary alicyclic amines) is 1. The molecule has 3 atom stereocenters. The first-order chi connectivity index (χ1) is 8.47. The molecule has 3 unspecified atom stereocenters. The molecule has 1 aliphatic rings. The van der Waals surface area contributed by atoms with Gasteiger partial charge in [0.05, 0.1) is 6.04 Å². The second kappa shape index (κ2) is 5.39. The van der Waals surface area contributed by atoms with Gasteiger partial charge in [0.2, 0.25) is 5.89 Å². The Morgan fingerprint density at radius 3 is 2.28 bits per heavy atom. The fraction of sp³-hybridized carbons (Fsp3) is 0.857. The first-order valence-corrected chi connectivity index (χ1v) is 7.05. The Kier molecular flexibility index (Phi) is 4.05. The summed E-state index contributed by atoms with van der Waals surface area (Å²) >= 11 is 0. The van der Waals surface area contributed by atoms with Gasteiger partial charge in [-0.1, -0.05) is 32.9 Å². The molecule has 0 amide bonds. The topological polar surface area (TPSA) is 42.2 Å². The van der Waals surface area contributed by atoms with E-state index in [1.54, 1.807) is 0 Å². The van der Waals surface area contributed by atoms with Gasteiger partial charge in [-0.3, -0.25) is 4.90 Å². The van der Waals surface area contributed by atoms with E-state index in [0.717, 1.165) is 36.6 Å². The number of hydrogen-bond acceptors (Lipinski definition) is 4. The maximum atomic E-state index is 5.41. The van der Waals surface area contributed by atoms with Crippen molar-refractivity contribution in [2.45, 2.75) is 53.0 Å². The third kappa shape index (κ3) is 2.91. The SMILES string of the molecule is CC1CC(C)CN(C(C)c2nc(C(C)C)no2)C1. The molecule has 102 valence electrons. The summed E-state index contributed by atoms with van der Waals surface area (Å²) in [6.45, 7) is 13.2. The zero-order valence-corrected chi connectivity index (χ0v) is 12.2. The Morgan fingerprint density at radius 2 is 1.78 bits per heavy atom. The van der Waals surface area contributed by atoms with E-state index in [4.69, 9.17) is 4.52 Å². The van der Waals surface area contributed by atoms with Gasteiger partial charge in [-0.05, 0) is 25.2 Å². The van der Waals surface area contributed by atoms with Gasteiger partial charge in [0.1, 0.15) is 0 Å². The highest BCUT2D eigenvalue weighted by Crippen LogP contribution is 2.28. The van der Waals surface area contributed by atoms with Gasteiger partial charge < -0.3 is 4.52 Å². The molecule has 1 fully saturated rings. The third-order valence-electron chi connectivity index (χ3n) is 3.78. The van der Waals surface area contributed by atoms with Crippen molar-refractivity contribution in [2.75, 3.05) is 13.1 Å². The normalized spacial score (nSPS) is 27.7. The molecule has 0 spiro atoms. The van der Waals surface area contributed by atoms with E-state index < -0.39 is 0 Å². The van der Waals surface area contributed by atoms with Crippen LogP contribution >= 0.6 is 0 Å². The molecule has 2 heterocycles. The summed E-state index contributed by atoms with van der Waals surface area (Å²) in [4.78, 5) is 6.98. The predicted octanol–water partition coefficient (Wildman–Crippen LogP) is 3.23. The lowest BCUT2D eigenvalue weighted by atomic mass is 9.91. The van der Waals surface area contributed by atoms with E-state index in [-0.39, 0.29) is 6.04 Å². The molecule has 0 aromatic carbocycles. The molecule has 2 rings (SSSR count). The van der Waals surface area contributed by atoms with Gasteiger partial charge in [0.25, 0.3) is 0 Å². The van der Waals surface area contributed by atoms with Crippen molar-refractivity contribution < 1.29 is 4.52 Å². The molecular formula is C14H25N3O. The molecule has 1 aliphatic heterocycles. The van der Waals surface area contributed by atoms with Crippen LogP contribution in [0.4, 0.5) is 0 Å². The van der Waals surface area contributed by atoms with Crippen LogP contribution in [0, 0.1) is 11.8 Å². The van der Waals surface area contributed by atoms with Crippen LogP contribution in [-0.4, -0.2) is 28.1 Å². The van der Waals surface area contributed by atoms with Gasteiger partial charge in [-0.25, -0.2) is 0 Å². The Balaban J connectivity index is 2.07. The first-order valence-electron chi connectivity index (χ1n) is 7.05. The van der Waals surface area contributed by atoms with Crippen LogP contribution in [0.3, 0.4) is 0 Å². The Bertz CT molecular complexity index is 378. The maximum Gasteiger partial charge on any atom is 0.243 e. The van der Waals surface area contributed by atoms with Gasteiger partial charge in [-0.2, -0.15) is 4.98 Å². The molecule has 1 aromatic rings. The largest absolute Gasteiger partial charge is 0.338 e. The lowest BCUT2D eigenvalue weighted by molar-refractivity contribution is 0.0866. The molecule has 0 radical (unpaired) electrons. The Hall–Kier alpha value is -0.900. The molecule has 18 heavy (non-hydrogen) atoms. The average molecular weight is 251 g/mol. The molecular weight excluding hydrogens is 226 g/mol. The highest BCUT2D eigenvalue weighted by atomic mass is 16.5. The predicted molar refractivity (Wildman–Crippen MR) is 71.3 cm³/mol. The van der Waals surface area contributed by atoms with Crippen LogP contribution in [0.15, 0.2) is 4.52 Å². The van der Waals surface area contributed by atoms with Crippen molar-refractivity contribution in [1.29, 1.82) is 0 Å². The van der Waals surface area contributed by atoms with E-state index in [0.29, 0.717) is 5.92 Å². The number of nitrogens with zero attached hydrogens (tertiary/aromatic N) is 3. The first kappa shape index (κ1) is 13.5. The summed E-state index contributed by atoms with van der Waals surface area (Å²) in [5.74, 6) is 3.41. The Labute approximate surface area is 110 Å².